The van der Waals surface area contributed by atoms with Crippen LogP contribution in [0.4, 0.5) is 5.69 Å². The van der Waals surface area contributed by atoms with Crippen molar-refractivity contribution >= 4 is 52.2 Å². The molecule has 0 saturated carbocycles. The summed E-state index contributed by atoms with van der Waals surface area (Å²) in [5, 5.41) is 3.25. The van der Waals surface area contributed by atoms with Crippen LogP contribution in [0.25, 0.3) is 0 Å². The number of hydrogen-bond donors (Lipinski definition) is 2. The number of ketones is 1. The molecule has 0 aliphatic rings. The lowest BCUT2D eigenvalue weighted by Crippen LogP contribution is -2.15. The third-order valence-corrected chi connectivity index (χ3v) is 5.21. The fraction of sp³-hybridized carbons (Fsp3) is 0.130. The third-order valence-electron chi connectivity index (χ3n) is 4.23. The van der Waals surface area contributed by atoms with Gasteiger partial charge in [-0.3, -0.25) is 9.59 Å². The minimum Gasteiger partial charge on any atom is -0.326 e. The fourth-order valence-corrected chi connectivity index (χ4v) is 2.97. The van der Waals surface area contributed by atoms with Gasteiger partial charge in [0.1, 0.15) is 5.88 Å². The van der Waals surface area contributed by atoms with E-state index < -0.39 is 0 Å². The number of aryl methyl sites for hydroxylation is 1. The van der Waals surface area contributed by atoms with Crippen molar-refractivity contribution in [1.82, 2.24) is 0 Å². The highest BCUT2D eigenvalue weighted by Gasteiger charge is 2.15. The molecule has 0 aliphatic heterocycles. The van der Waals surface area contributed by atoms with Crippen LogP contribution in [-0.2, 0) is 11.3 Å². The summed E-state index contributed by atoms with van der Waals surface area (Å²) in [5.74, 6) is -0.833. The Morgan fingerprint density at radius 2 is 1.60 bits per heavy atom. The van der Waals surface area contributed by atoms with Crippen LogP contribution in [0, 0.1) is 6.92 Å². The second-order valence-electron chi connectivity index (χ2n) is 6.32. The average molecular weight is 464 g/mol. The second-order valence-corrected chi connectivity index (χ2v) is 7.40. The molecule has 0 atom stereocenters. The Kier molecular flexibility index (Phi) is 9.34. The summed E-state index contributed by atoms with van der Waals surface area (Å²) in [6.07, 6.45) is 0. The molecule has 0 unspecified atom stereocenters. The molecule has 0 bridgehead atoms. The molecule has 1 amide bonds. The molecule has 3 aromatic rings. The maximum Gasteiger partial charge on any atom is 0.239 e. The summed E-state index contributed by atoms with van der Waals surface area (Å²) in [6.45, 7) is 2.72. The zero-order valence-electron chi connectivity index (χ0n) is 16.3. The van der Waals surface area contributed by atoms with Gasteiger partial charge in [-0.2, -0.15) is 0 Å². The number of para-hydroxylation sites is 1. The number of hydrogen-bond acceptors (Lipinski definition) is 3. The number of benzene rings is 3. The van der Waals surface area contributed by atoms with Gasteiger partial charge in [-0.25, -0.2) is 0 Å². The van der Waals surface area contributed by atoms with E-state index in [-0.39, 0.29) is 17.6 Å². The molecule has 0 aliphatic carbocycles. The van der Waals surface area contributed by atoms with E-state index >= 15 is 0 Å². The summed E-state index contributed by atoms with van der Waals surface area (Å²) >= 11 is 17.2. The molecular weight excluding hydrogens is 443 g/mol. The minimum atomic E-state index is -0.383. The van der Waals surface area contributed by atoms with Crippen molar-refractivity contribution < 1.29 is 9.59 Å². The lowest BCUT2D eigenvalue weighted by molar-refractivity contribution is -0.113. The van der Waals surface area contributed by atoms with Crippen molar-refractivity contribution in [2.75, 3.05) is 11.2 Å². The zero-order chi connectivity index (χ0) is 22.1. The molecule has 30 heavy (non-hydrogen) atoms. The molecule has 3 aromatic carbocycles. The number of halogens is 3. The van der Waals surface area contributed by atoms with Crippen molar-refractivity contribution in [3.8, 4) is 0 Å². The highest BCUT2D eigenvalue weighted by molar-refractivity contribution is 6.42. The van der Waals surface area contributed by atoms with Gasteiger partial charge < -0.3 is 11.1 Å². The van der Waals surface area contributed by atoms with E-state index in [4.69, 9.17) is 40.5 Å². The van der Waals surface area contributed by atoms with E-state index in [1.807, 2.05) is 12.1 Å². The van der Waals surface area contributed by atoms with Crippen molar-refractivity contribution in [3.05, 3.63) is 99.0 Å². The number of nitrogens with two attached hydrogens (primary N) is 1. The Morgan fingerprint density at radius 3 is 2.20 bits per heavy atom. The molecule has 0 saturated heterocycles. The molecule has 0 fully saturated rings. The van der Waals surface area contributed by atoms with Crippen LogP contribution in [-0.4, -0.2) is 17.6 Å². The molecule has 0 spiro atoms. The van der Waals surface area contributed by atoms with Crippen LogP contribution in [0.2, 0.25) is 10.0 Å². The summed E-state index contributed by atoms with van der Waals surface area (Å²) in [6, 6.07) is 19.5. The van der Waals surface area contributed by atoms with Gasteiger partial charge in [0.25, 0.3) is 0 Å². The van der Waals surface area contributed by atoms with Crippen LogP contribution in [0.3, 0.4) is 0 Å². The van der Waals surface area contributed by atoms with Crippen molar-refractivity contribution in [1.29, 1.82) is 0 Å². The number of rotatable bonds is 5. The Labute approximate surface area is 190 Å². The van der Waals surface area contributed by atoms with Crippen LogP contribution < -0.4 is 11.1 Å². The van der Waals surface area contributed by atoms with E-state index in [0.29, 0.717) is 33.4 Å². The first kappa shape index (κ1) is 23.9. The van der Waals surface area contributed by atoms with Crippen molar-refractivity contribution in [3.63, 3.8) is 0 Å². The van der Waals surface area contributed by atoms with Gasteiger partial charge >= 0.3 is 0 Å². The summed E-state index contributed by atoms with van der Waals surface area (Å²) in [7, 11) is 0. The van der Waals surface area contributed by atoms with Crippen molar-refractivity contribution in [2.24, 2.45) is 5.73 Å². The van der Waals surface area contributed by atoms with E-state index in [9.17, 15) is 9.59 Å². The molecule has 0 radical (unpaired) electrons. The smallest absolute Gasteiger partial charge is 0.239 e. The van der Waals surface area contributed by atoms with Gasteiger partial charge in [0.05, 0.1) is 15.7 Å². The van der Waals surface area contributed by atoms with Gasteiger partial charge in [0.15, 0.2) is 5.78 Å². The van der Waals surface area contributed by atoms with Crippen molar-refractivity contribution in [2.45, 2.75) is 13.5 Å². The maximum atomic E-state index is 12.5. The van der Waals surface area contributed by atoms with Crippen LogP contribution in [0.1, 0.15) is 27.0 Å². The molecule has 4 nitrogen and oxygen atoms in total. The Hall–Kier alpha value is -2.37. The molecule has 7 heteroatoms. The van der Waals surface area contributed by atoms with Gasteiger partial charge in [0.2, 0.25) is 5.91 Å². The van der Waals surface area contributed by atoms with E-state index in [2.05, 4.69) is 24.4 Å². The summed E-state index contributed by atoms with van der Waals surface area (Å²) < 4.78 is 0. The minimum absolute atomic E-state index is 0.185. The predicted molar refractivity (Wildman–Crippen MR) is 125 cm³/mol. The average Bonchev–Trinajstić information content (AvgIpc) is 2.76. The first-order chi connectivity index (χ1) is 14.4. The van der Waals surface area contributed by atoms with Crippen LogP contribution in [0.5, 0.6) is 0 Å². The predicted octanol–water partition coefficient (Wildman–Crippen LogP) is 5.86. The Bertz CT molecular complexity index is 1040. The molecule has 3 rings (SSSR count). The highest BCUT2D eigenvalue weighted by atomic mass is 35.5. The topological polar surface area (TPSA) is 72.2 Å². The molecule has 0 aromatic heterocycles. The molecule has 156 valence electrons. The quantitative estimate of drug-likeness (QED) is 0.368. The number of nitrogens with one attached hydrogen (secondary N) is 1. The van der Waals surface area contributed by atoms with Gasteiger partial charge in [-0.05, 0) is 48.4 Å². The monoisotopic (exact) mass is 462 g/mol. The largest absolute Gasteiger partial charge is 0.326 e. The summed E-state index contributed by atoms with van der Waals surface area (Å²) in [4.78, 5) is 23.9. The summed E-state index contributed by atoms with van der Waals surface area (Å²) in [5.41, 5.74) is 9.11. The number of anilines is 1. The first-order valence-electron chi connectivity index (χ1n) is 9.06. The Morgan fingerprint density at radius 1 is 0.933 bits per heavy atom. The fourth-order valence-electron chi connectivity index (χ4n) is 2.61. The molecule has 0 heterocycles. The van der Waals surface area contributed by atoms with Gasteiger partial charge in [0, 0.05) is 17.7 Å². The van der Waals surface area contributed by atoms with Crippen LogP contribution >= 0.6 is 34.8 Å². The highest BCUT2D eigenvalue weighted by Crippen LogP contribution is 2.26. The Balaban J connectivity index is 0.000000297. The number of carbonyl (C=O) groups is 2. The lowest BCUT2D eigenvalue weighted by Gasteiger charge is -2.10. The van der Waals surface area contributed by atoms with E-state index in [0.717, 1.165) is 0 Å². The molecular formula is C23H21Cl3N2O2. The van der Waals surface area contributed by atoms with Gasteiger partial charge in [-0.15, -0.1) is 11.6 Å². The van der Waals surface area contributed by atoms with Crippen LogP contribution in [0.15, 0.2) is 66.7 Å². The number of amides is 1. The standard InChI is InChI=1S/C15H10Cl3NO2.C8H11N/c16-8-14(20)19-13-4-2-1-3-10(13)15(21)9-5-6-11(17)12(18)7-9;1-7-4-2-3-5-8(7)6-9/h1-7H,8H2,(H,19,20);2-5H,6,9H2,1H3. The second kappa shape index (κ2) is 11.7. The van der Waals surface area contributed by atoms with Gasteiger partial charge in [-0.1, -0.05) is 59.6 Å². The van der Waals surface area contributed by atoms with E-state index in [1.54, 1.807) is 36.4 Å². The SMILES string of the molecule is Cc1ccccc1CN.O=C(CCl)Nc1ccccc1C(=O)c1ccc(Cl)c(Cl)c1. The van der Waals surface area contributed by atoms with E-state index in [1.165, 1.54) is 17.2 Å². The zero-order valence-corrected chi connectivity index (χ0v) is 18.6. The third kappa shape index (κ3) is 6.57. The maximum absolute atomic E-state index is 12.5. The number of alkyl halides is 1. The first-order valence-corrected chi connectivity index (χ1v) is 10.4. The number of carbonyl (C=O) groups excluding carboxylic acids is 2. The lowest BCUT2D eigenvalue weighted by atomic mass is 10.0. The normalized spacial score (nSPS) is 10.0. The molecule has 3 N–H and O–H groups in total.